The van der Waals surface area contributed by atoms with Gasteiger partial charge in [-0.1, -0.05) is 12.0 Å². The molecule has 0 heterocycles. The number of carbonyl (C=O) groups excluding carboxylic acids is 1. The third-order valence-electron chi connectivity index (χ3n) is 1.30. The molecule has 0 aliphatic rings. The van der Waals surface area contributed by atoms with Crippen LogP contribution >= 0.6 is 0 Å². The summed E-state index contributed by atoms with van der Waals surface area (Å²) < 4.78 is 4.84. The Labute approximate surface area is 76.5 Å². The lowest BCUT2D eigenvalue weighted by Gasteiger charge is -1.99. The molecule has 1 aromatic carbocycles. The maximum Gasteiger partial charge on any atom is 0.389 e. The topological polar surface area (TPSA) is 52.3 Å². The van der Waals surface area contributed by atoms with Gasteiger partial charge in [-0.3, -0.25) is 0 Å². The molecule has 0 saturated carbocycles. The van der Waals surface area contributed by atoms with Crippen LogP contribution in [0.15, 0.2) is 24.3 Å². The summed E-state index contributed by atoms with van der Waals surface area (Å²) >= 11 is 0. The van der Waals surface area contributed by atoms with E-state index in [1.807, 2.05) is 0 Å². The highest BCUT2D eigenvalue weighted by atomic mass is 16.5. The van der Waals surface area contributed by atoms with Gasteiger partial charge in [0.15, 0.2) is 0 Å². The molecule has 2 N–H and O–H groups in total. The normalized spacial score (nSPS) is 8.38. The fourth-order valence-electron chi connectivity index (χ4n) is 0.813. The lowest BCUT2D eigenvalue weighted by atomic mass is 10.3. The number of hydrogen-bond donors (Lipinski definition) is 1. The van der Waals surface area contributed by atoms with Crippen molar-refractivity contribution >= 4 is 11.7 Å². The molecular weight excluding hydrogens is 166 g/mol. The highest BCUT2D eigenvalue weighted by Gasteiger charge is 1.99. The summed E-state index contributed by atoms with van der Waals surface area (Å²) in [6.45, 7) is 1.57. The van der Waals surface area contributed by atoms with Gasteiger partial charge in [-0.15, -0.1) is 0 Å². The van der Waals surface area contributed by atoms with Gasteiger partial charge in [-0.05, 0) is 19.1 Å². The van der Waals surface area contributed by atoms with E-state index in [4.69, 9.17) is 10.5 Å². The summed E-state index contributed by atoms with van der Waals surface area (Å²) in [7, 11) is 0. The first kappa shape index (κ1) is 9.14. The van der Waals surface area contributed by atoms with Gasteiger partial charge < -0.3 is 10.5 Å². The molecule has 0 unspecified atom stereocenters. The number of benzene rings is 1. The van der Waals surface area contributed by atoms with Crippen molar-refractivity contribution in [3.05, 3.63) is 24.3 Å². The van der Waals surface area contributed by atoms with Crippen LogP contribution in [0.25, 0.3) is 0 Å². The largest absolute Gasteiger partial charge is 0.417 e. The number of esters is 1. The van der Waals surface area contributed by atoms with Crippen molar-refractivity contribution < 1.29 is 9.53 Å². The number of hydrogen-bond acceptors (Lipinski definition) is 3. The molecule has 0 radical (unpaired) electrons. The number of ether oxygens (including phenoxy) is 1. The monoisotopic (exact) mass is 175 g/mol. The minimum absolute atomic E-state index is 0.410. The second-order valence-corrected chi connectivity index (χ2v) is 2.34. The van der Waals surface area contributed by atoms with Crippen molar-refractivity contribution in [1.29, 1.82) is 0 Å². The predicted octanol–water partition coefficient (Wildman–Crippen LogP) is 1.20. The van der Waals surface area contributed by atoms with Crippen LogP contribution in [0.2, 0.25) is 0 Å². The van der Waals surface area contributed by atoms with Gasteiger partial charge in [0.25, 0.3) is 0 Å². The minimum atomic E-state index is -0.576. The molecule has 1 aromatic rings. The van der Waals surface area contributed by atoms with Crippen LogP contribution in [0.3, 0.4) is 0 Å². The molecule has 3 nitrogen and oxygen atoms in total. The molecule has 0 saturated heterocycles. The van der Waals surface area contributed by atoms with E-state index in [9.17, 15) is 4.79 Å². The molecule has 0 spiro atoms. The van der Waals surface area contributed by atoms with E-state index in [0.29, 0.717) is 11.4 Å². The maximum atomic E-state index is 10.9. The van der Waals surface area contributed by atoms with Crippen molar-refractivity contribution in [1.82, 2.24) is 0 Å². The van der Waals surface area contributed by atoms with Gasteiger partial charge in [0.2, 0.25) is 0 Å². The number of rotatable bonds is 1. The molecule has 66 valence electrons. The summed E-state index contributed by atoms with van der Waals surface area (Å²) in [5.74, 6) is 4.54. The summed E-state index contributed by atoms with van der Waals surface area (Å²) in [6.07, 6.45) is 0. The van der Waals surface area contributed by atoms with Crippen LogP contribution in [-0.2, 0) is 4.79 Å². The Bertz CT molecular complexity index is 374. The number of carbonyl (C=O) groups is 1. The van der Waals surface area contributed by atoms with Gasteiger partial charge in [0, 0.05) is 17.7 Å². The zero-order valence-electron chi connectivity index (χ0n) is 7.20. The Morgan fingerprint density at radius 2 is 2.31 bits per heavy atom. The molecule has 13 heavy (non-hydrogen) atoms. The van der Waals surface area contributed by atoms with Crippen LogP contribution in [0.5, 0.6) is 5.75 Å². The van der Waals surface area contributed by atoms with Crippen molar-refractivity contribution in [2.45, 2.75) is 6.92 Å². The van der Waals surface area contributed by atoms with Crippen LogP contribution < -0.4 is 10.5 Å². The average molecular weight is 175 g/mol. The van der Waals surface area contributed by atoms with E-state index >= 15 is 0 Å². The lowest BCUT2D eigenvalue weighted by molar-refractivity contribution is -0.128. The van der Waals surface area contributed by atoms with Gasteiger partial charge in [-0.2, -0.15) is 0 Å². The van der Waals surface area contributed by atoms with Crippen molar-refractivity contribution in [3.8, 4) is 17.6 Å². The van der Waals surface area contributed by atoms with E-state index in [1.165, 1.54) is 0 Å². The Hall–Kier alpha value is -1.95. The lowest BCUT2D eigenvalue weighted by Crippen LogP contribution is -2.04. The van der Waals surface area contributed by atoms with Crippen molar-refractivity contribution in [2.24, 2.45) is 0 Å². The SMILES string of the molecule is CC#CC(=O)Oc1cccc(N)c1. The molecule has 0 amide bonds. The number of nitrogens with two attached hydrogens (primary N) is 1. The highest BCUT2D eigenvalue weighted by Crippen LogP contribution is 2.14. The Morgan fingerprint density at radius 3 is 2.92 bits per heavy atom. The van der Waals surface area contributed by atoms with Crippen LogP contribution in [0, 0.1) is 11.8 Å². The van der Waals surface area contributed by atoms with Crippen LogP contribution in [0.1, 0.15) is 6.92 Å². The Balaban J connectivity index is 2.73. The molecular formula is C10H9NO2. The molecule has 0 aliphatic heterocycles. The van der Waals surface area contributed by atoms with Crippen molar-refractivity contribution in [3.63, 3.8) is 0 Å². The Kier molecular flexibility index (Phi) is 2.93. The third kappa shape index (κ3) is 2.88. The number of anilines is 1. The van der Waals surface area contributed by atoms with Crippen LogP contribution in [0.4, 0.5) is 5.69 Å². The predicted molar refractivity (Wildman–Crippen MR) is 49.9 cm³/mol. The van der Waals surface area contributed by atoms with E-state index < -0.39 is 5.97 Å². The summed E-state index contributed by atoms with van der Waals surface area (Å²) in [4.78, 5) is 10.9. The standard InChI is InChI=1S/C10H9NO2/c1-2-4-10(12)13-9-6-3-5-8(11)7-9/h3,5-7H,11H2,1H3. The third-order valence-corrected chi connectivity index (χ3v) is 1.30. The van der Waals surface area contributed by atoms with Gasteiger partial charge in [0.05, 0.1) is 0 Å². The molecule has 0 aromatic heterocycles. The maximum absolute atomic E-state index is 10.9. The average Bonchev–Trinajstić information content (AvgIpc) is 2.04. The second kappa shape index (κ2) is 4.17. The van der Waals surface area contributed by atoms with E-state index in [2.05, 4.69) is 11.8 Å². The molecule has 1 rings (SSSR count). The fourth-order valence-corrected chi connectivity index (χ4v) is 0.813. The molecule has 0 bridgehead atoms. The van der Waals surface area contributed by atoms with E-state index in [1.54, 1.807) is 31.2 Å². The first-order chi connectivity index (χ1) is 6.22. The first-order valence-electron chi connectivity index (χ1n) is 3.72. The summed E-state index contributed by atoms with van der Waals surface area (Å²) in [5.41, 5.74) is 6.03. The minimum Gasteiger partial charge on any atom is -0.417 e. The quantitative estimate of drug-likeness (QED) is 0.229. The zero-order chi connectivity index (χ0) is 9.68. The van der Waals surface area contributed by atoms with E-state index in [0.717, 1.165) is 0 Å². The zero-order valence-corrected chi connectivity index (χ0v) is 7.20. The Morgan fingerprint density at radius 1 is 1.54 bits per heavy atom. The van der Waals surface area contributed by atoms with Gasteiger partial charge >= 0.3 is 5.97 Å². The molecule has 0 aliphatic carbocycles. The smallest absolute Gasteiger partial charge is 0.389 e. The molecule has 0 fully saturated rings. The molecule has 3 heteroatoms. The summed E-state index contributed by atoms with van der Waals surface area (Å²) in [5, 5.41) is 0. The second-order valence-electron chi connectivity index (χ2n) is 2.34. The first-order valence-corrected chi connectivity index (χ1v) is 3.72. The fraction of sp³-hybridized carbons (Fsp3) is 0.100. The molecule has 0 atom stereocenters. The van der Waals surface area contributed by atoms with Crippen molar-refractivity contribution in [2.75, 3.05) is 5.73 Å². The van der Waals surface area contributed by atoms with Gasteiger partial charge in [-0.25, -0.2) is 4.79 Å². The highest BCUT2D eigenvalue weighted by molar-refractivity contribution is 5.90. The van der Waals surface area contributed by atoms with E-state index in [-0.39, 0.29) is 0 Å². The van der Waals surface area contributed by atoms with Crippen LogP contribution in [-0.4, -0.2) is 5.97 Å². The van der Waals surface area contributed by atoms with Gasteiger partial charge in [0.1, 0.15) is 5.75 Å². The summed E-state index contributed by atoms with van der Waals surface area (Å²) in [6, 6.07) is 6.63. The number of nitrogen functional groups attached to an aromatic ring is 1.